The van der Waals surface area contributed by atoms with E-state index in [2.05, 4.69) is 21.2 Å². The highest BCUT2D eigenvalue weighted by Gasteiger charge is 2.34. The number of nitrogens with one attached hydrogen (secondary N) is 1. The minimum atomic E-state index is -0.613. The number of aryl methyl sites for hydroxylation is 1. The molecule has 0 unspecified atom stereocenters. The predicted octanol–water partition coefficient (Wildman–Crippen LogP) is 5.34. The molecule has 1 fully saturated rings. The quantitative estimate of drug-likeness (QED) is 0.123. The number of nitro groups is 1. The highest BCUT2D eigenvalue weighted by atomic mass is 79.9. The Hall–Kier alpha value is -4.09. The van der Waals surface area contributed by atoms with Crippen molar-refractivity contribution in [2.24, 2.45) is 0 Å². The molecule has 0 saturated carbocycles. The minimum Gasteiger partial charge on any atom is -0.493 e. The zero-order valence-electron chi connectivity index (χ0n) is 20.4. The second-order valence-electron chi connectivity index (χ2n) is 8.22. The first kappa shape index (κ1) is 27.0. The number of anilines is 1. The molecule has 9 nitrogen and oxygen atoms in total. The Labute approximate surface area is 232 Å². The zero-order chi connectivity index (χ0) is 27.4. The van der Waals surface area contributed by atoms with Gasteiger partial charge in [0.2, 0.25) is 0 Å². The van der Waals surface area contributed by atoms with Crippen LogP contribution < -0.4 is 19.7 Å². The van der Waals surface area contributed by atoms with Gasteiger partial charge < -0.3 is 9.47 Å². The Morgan fingerprint density at radius 2 is 1.82 bits per heavy atom. The molecule has 1 saturated heterocycles. The molecule has 194 valence electrons. The molecule has 0 atom stereocenters. The molecule has 0 radical (unpaired) electrons. The third-order valence-corrected chi connectivity index (χ3v) is 6.77. The highest BCUT2D eigenvalue weighted by Crippen LogP contribution is 2.36. The van der Waals surface area contributed by atoms with Gasteiger partial charge in [0.05, 0.1) is 17.7 Å². The van der Waals surface area contributed by atoms with Gasteiger partial charge in [0.15, 0.2) is 16.6 Å². The van der Waals surface area contributed by atoms with Crippen molar-refractivity contribution >= 4 is 62.5 Å². The SMILES string of the molecule is CCc1ccc(N2C(=O)/C(=C/c3cc(OC)c(OCc4cccc([N+](=O)[O-])c4)cc3Br)C(=O)NC2=S)cc1. The molecule has 11 heteroatoms. The first-order valence-electron chi connectivity index (χ1n) is 11.5. The van der Waals surface area contributed by atoms with Crippen molar-refractivity contribution in [1.29, 1.82) is 0 Å². The van der Waals surface area contributed by atoms with Crippen molar-refractivity contribution in [3.8, 4) is 11.5 Å². The fourth-order valence-electron chi connectivity index (χ4n) is 3.78. The molecule has 1 aliphatic rings. The molecule has 38 heavy (non-hydrogen) atoms. The van der Waals surface area contributed by atoms with E-state index in [9.17, 15) is 19.7 Å². The zero-order valence-corrected chi connectivity index (χ0v) is 22.8. The number of thiocarbonyl (C=S) groups is 1. The molecule has 2 amide bonds. The number of non-ortho nitro benzene ring substituents is 1. The largest absolute Gasteiger partial charge is 0.493 e. The molecular formula is C27H22BrN3O6S. The van der Waals surface area contributed by atoms with Crippen molar-refractivity contribution in [2.75, 3.05) is 12.0 Å². The van der Waals surface area contributed by atoms with Crippen molar-refractivity contribution in [1.82, 2.24) is 5.32 Å². The standard InChI is InChI=1S/C27H22BrN3O6S/c1-3-16-7-9-19(10-8-16)30-26(33)21(25(32)29-27(30)38)12-18-13-23(36-2)24(14-22(18)28)37-15-17-5-4-6-20(11-17)31(34)35/h4-14H,3,15H2,1-2H3,(H,29,32,38)/b21-12+. The molecule has 3 aromatic carbocycles. The Morgan fingerprint density at radius 1 is 1.08 bits per heavy atom. The average molecular weight is 596 g/mol. The summed E-state index contributed by atoms with van der Waals surface area (Å²) in [6, 6.07) is 16.8. The Balaban J connectivity index is 1.62. The summed E-state index contributed by atoms with van der Waals surface area (Å²) in [4.78, 5) is 37.9. The maximum Gasteiger partial charge on any atom is 0.270 e. The van der Waals surface area contributed by atoms with E-state index < -0.39 is 16.7 Å². The average Bonchev–Trinajstić information content (AvgIpc) is 2.91. The van der Waals surface area contributed by atoms with Crippen LogP contribution in [0, 0.1) is 10.1 Å². The second kappa shape index (κ2) is 11.5. The number of ether oxygens (including phenoxy) is 2. The van der Waals surface area contributed by atoms with Crippen LogP contribution in [0.15, 0.2) is 70.7 Å². The van der Waals surface area contributed by atoms with E-state index in [0.717, 1.165) is 12.0 Å². The molecular weight excluding hydrogens is 574 g/mol. The normalized spacial score (nSPS) is 14.4. The molecule has 0 aromatic heterocycles. The Morgan fingerprint density at radius 3 is 2.47 bits per heavy atom. The Kier molecular flexibility index (Phi) is 8.18. The number of halogens is 1. The van der Waals surface area contributed by atoms with Crippen LogP contribution in [0.25, 0.3) is 6.08 Å². The van der Waals surface area contributed by atoms with Crippen molar-refractivity contribution in [2.45, 2.75) is 20.0 Å². The van der Waals surface area contributed by atoms with Crippen LogP contribution >= 0.6 is 28.1 Å². The van der Waals surface area contributed by atoms with Crippen LogP contribution in [-0.4, -0.2) is 29.0 Å². The van der Waals surface area contributed by atoms with E-state index in [-0.39, 0.29) is 23.0 Å². The van der Waals surface area contributed by atoms with Gasteiger partial charge in [0.1, 0.15) is 12.2 Å². The predicted molar refractivity (Wildman–Crippen MR) is 150 cm³/mol. The maximum absolute atomic E-state index is 13.4. The van der Waals surface area contributed by atoms with Crippen LogP contribution in [0.2, 0.25) is 0 Å². The number of carbonyl (C=O) groups is 2. The number of amides is 2. The van der Waals surface area contributed by atoms with E-state index in [4.69, 9.17) is 21.7 Å². The van der Waals surface area contributed by atoms with Crippen molar-refractivity contribution < 1.29 is 24.0 Å². The van der Waals surface area contributed by atoms with E-state index >= 15 is 0 Å². The van der Waals surface area contributed by atoms with Crippen molar-refractivity contribution in [3.05, 3.63) is 97.5 Å². The van der Waals surface area contributed by atoms with Gasteiger partial charge in [-0.1, -0.05) is 47.1 Å². The first-order valence-corrected chi connectivity index (χ1v) is 12.7. The van der Waals surface area contributed by atoms with Gasteiger partial charge in [0, 0.05) is 16.6 Å². The number of hydrogen-bond donors (Lipinski definition) is 1. The lowest BCUT2D eigenvalue weighted by Crippen LogP contribution is -2.54. The lowest BCUT2D eigenvalue weighted by Gasteiger charge is -2.29. The summed E-state index contributed by atoms with van der Waals surface area (Å²) >= 11 is 8.75. The van der Waals surface area contributed by atoms with E-state index in [0.29, 0.717) is 32.8 Å². The molecule has 0 spiro atoms. The molecule has 1 heterocycles. The number of methoxy groups -OCH3 is 1. The fraction of sp³-hybridized carbons (Fsp3) is 0.148. The smallest absolute Gasteiger partial charge is 0.270 e. The summed E-state index contributed by atoms with van der Waals surface area (Å²) in [5.41, 5.74) is 2.61. The van der Waals surface area contributed by atoms with Crippen LogP contribution in [0.3, 0.4) is 0 Å². The van der Waals surface area contributed by atoms with Gasteiger partial charge in [-0.2, -0.15) is 0 Å². The van der Waals surface area contributed by atoms with Crippen LogP contribution in [-0.2, 0) is 22.6 Å². The summed E-state index contributed by atoms with van der Waals surface area (Å²) in [6.07, 6.45) is 2.30. The van der Waals surface area contributed by atoms with E-state index in [1.165, 1.54) is 30.2 Å². The molecule has 4 rings (SSSR count). The number of nitro benzene ring substituents is 1. The van der Waals surface area contributed by atoms with Crippen LogP contribution in [0.1, 0.15) is 23.6 Å². The summed E-state index contributed by atoms with van der Waals surface area (Å²) in [7, 11) is 1.46. The summed E-state index contributed by atoms with van der Waals surface area (Å²) in [5, 5.41) is 13.6. The number of rotatable bonds is 8. The number of carbonyl (C=O) groups excluding carboxylic acids is 2. The topological polar surface area (TPSA) is 111 Å². The number of hydrogen-bond acceptors (Lipinski definition) is 7. The van der Waals surface area contributed by atoms with Gasteiger partial charge in [-0.25, -0.2) is 0 Å². The first-order chi connectivity index (χ1) is 18.2. The minimum absolute atomic E-state index is 0.00272. The van der Waals surface area contributed by atoms with Gasteiger partial charge in [-0.15, -0.1) is 0 Å². The second-order valence-corrected chi connectivity index (χ2v) is 9.46. The van der Waals surface area contributed by atoms with Gasteiger partial charge in [0.25, 0.3) is 17.5 Å². The van der Waals surface area contributed by atoms with E-state index in [1.807, 2.05) is 19.1 Å². The molecule has 0 aliphatic carbocycles. The van der Waals surface area contributed by atoms with Gasteiger partial charge in [-0.05, 0) is 65.7 Å². The van der Waals surface area contributed by atoms with Crippen LogP contribution in [0.5, 0.6) is 11.5 Å². The summed E-state index contributed by atoms with van der Waals surface area (Å²) < 4.78 is 11.9. The molecule has 3 aromatic rings. The van der Waals surface area contributed by atoms with Crippen molar-refractivity contribution in [3.63, 3.8) is 0 Å². The number of benzene rings is 3. The lowest BCUT2D eigenvalue weighted by atomic mass is 10.1. The number of nitrogens with zero attached hydrogens (tertiary/aromatic N) is 2. The maximum atomic E-state index is 13.4. The third kappa shape index (κ3) is 5.74. The molecule has 0 bridgehead atoms. The molecule has 1 aliphatic heterocycles. The van der Waals surface area contributed by atoms with E-state index in [1.54, 1.807) is 36.4 Å². The summed E-state index contributed by atoms with van der Waals surface area (Å²) in [6.45, 7) is 2.10. The van der Waals surface area contributed by atoms with Gasteiger partial charge >= 0.3 is 0 Å². The summed E-state index contributed by atoms with van der Waals surface area (Å²) in [5.74, 6) is -0.457. The lowest BCUT2D eigenvalue weighted by molar-refractivity contribution is -0.384. The molecule has 1 N–H and O–H groups in total. The Bertz CT molecular complexity index is 1470. The third-order valence-electron chi connectivity index (χ3n) is 5.80. The van der Waals surface area contributed by atoms with Crippen LogP contribution in [0.4, 0.5) is 11.4 Å². The fourth-order valence-corrected chi connectivity index (χ4v) is 4.50. The highest BCUT2D eigenvalue weighted by molar-refractivity contribution is 9.10. The monoisotopic (exact) mass is 595 g/mol. The van der Waals surface area contributed by atoms with Gasteiger partial charge in [-0.3, -0.25) is 29.9 Å².